The van der Waals surface area contributed by atoms with Gasteiger partial charge < -0.3 is 4.57 Å². The van der Waals surface area contributed by atoms with Gasteiger partial charge >= 0.3 is 0 Å². The fourth-order valence-electron chi connectivity index (χ4n) is 3.65. The summed E-state index contributed by atoms with van der Waals surface area (Å²) in [6, 6.07) is 12.7. The second-order valence-electron chi connectivity index (χ2n) is 8.11. The van der Waals surface area contributed by atoms with Crippen molar-refractivity contribution in [3.63, 3.8) is 0 Å². The number of halogens is 2. The number of carbonyl (C=O) groups is 1. The Balaban J connectivity index is 1.78. The topological polar surface area (TPSA) is 83.8 Å². The molecule has 180 valence electrons. The lowest BCUT2D eigenvalue weighted by atomic mass is 10.1. The first kappa shape index (κ1) is 25.8. The van der Waals surface area contributed by atoms with Crippen molar-refractivity contribution in [2.24, 2.45) is 5.10 Å². The van der Waals surface area contributed by atoms with Gasteiger partial charge in [-0.15, -0.1) is 0 Å². The van der Waals surface area contributed by atoms with Crippen molar-refractivity contribution in [1.82, 2.24) is 9.99 Å². The summed E-state index contributed by atoms with van der Waals surface area (Å²) in [7, 11) is -3.68. The van der Waals surface area contributed by atoms with Gasteiger partial charge in [0.25, 0.3) is 5.91 Å². The second-order valence-corrected chi connectivity index (χ2v) is 10.8. The molecule has 0 aliphatic rings. The van der Waals surface area contributed by atoms with Crippen LogP contribution in [0.2, 0.25) is 10.0 Å². The van der Waals surface area contributed by atoms with Crippen LogP contribution in [0.5, 0.6) is 0 Å². The Labute approximate surface area is 210 Å². The van der Waals surface area contributed by atoms with Crippen LogP contribution in [0, 0.1) is 27.7 Å². The molecular formula is C24H26Cl2N4O3S. The molecule has 0 unspecified atom stereocenters. The van der Waals surface area contributed by atoms with Crippen LogP contribution in [0.15, 0.2) is 47.6 Å². The third-order valence-electron chi connectivity index (χ3n) is 5.35. The Morgan fingerprint density at radius 1 is 1.06 bits per heavy atom. The summed E-state index contributed by atoms with van der Waals surface area (Å²) in [5, 5.41) is 4.97. The van der Waals surface area contributed by atoms with Crippen LogP contribution in [0.1, 0.15) is 28.1 Å². The first-order valence-electron chi connectivity index (χ1n) is 10.4. The van der Waals surface area contributed by atoms with Gasteiger partial charge in [-0.3, -0.25) is 9.10 Å². The van der Waals surface area contributed by atoms with E-state index in [1.807, 2.05) is 49.6 Å². The predicted molar refractivity (Wildman–Crippen MR) is 139 cm³/mol. The highest BCUT2D eigenvalue weighted by Gasteiger charge is 2.22. The van der Waals surface area contributed by atoms with E-state index in [0.29, 0.717) is 15.7 Å². The lowest BCUT2D eigenvalue weighted by molar-refractivity contribution is -0.119. The van der Waals surface area contributed by atoms with Gasteiger partial charge in [0.15, 0.2) is 0 Å². The fourth-order valence-corrected chi connectivity index (χ4v) is 4.85. The van der Waals surface area contributed by atoms with Crippen LogP contribution >= 0.6 is 23.2 Å². The minimum atomic E-state index is -3.68. The van der Waals surface area contributed by atoms with Crippen molar-refractivity contribution in [2.45, 2.75) is 27.7 Å². The Bertz CT molecular complexity index is 1380. The summed E-state index contributed by atoms with van der Waals surface area (Å²) in [6.07, 6.45) is 2.60. The first-order valence-corrected chi connectivity index (χ1v) is 13.0. The molecule has 34 heavy (non-hydrogen) atoms. The van der Waals surface area contributed by atoms with Crippen LogP contribution in [0.3, 0.4) is 0 Å². The number of sulfonamides is 1. The summed E-state index contributed by atoms with van der Waals surface area (Å²) in [6.45, 7) is 7.14. The highest BCUT2D eigenvalue weighted by atomic mass is 35.5. The lowest BCUT2D eigenvalue weighted by Gasteiger charge is -2.23. The lowest BCUT2D eigenvalue weighted by Crippen LogP contribution is -2.39. The number of aryl methyl sites for hydroxylation is 3. The summed E-state index contributed by atoms with van der Waals surface area (Å²) in [5.41, 5.74) is 8.02. The molecule has 0 aliphatic carbocycles. The highest BCUT2D eigenvalue weighted by Crippen LogP contribution is 2.27. The molecule has 3 aromatic rings. The number of nitrogens with one attached hydrogen (secondary N) is 1. The maximum absolute atomic E-state index is 12.5. The minimum absolute atomic E-state index is 0.386. The van der Waals surface area contributed by atoms with Crippen molar-refractivity contribution in [2.75, 3.05) is 17.1 Å². The van der Waals surface area contributed by atoms with Gasteiger partial charge in [-0.1, -0.05) is 35.3 Å². The molecule has 0 atom stereocenters. The van der Waals surface area contributed by atoms with Gasteiger partial charge in [-0.05, 0) is 69.2 Å². The van der Waals surface area contributed by atoms with E-state index in [1.165, 1.54) is 6.21 Å². The van der Waals surface area contributed by atoms with E-state index in [4.69, 9.17) is 23.2 Å². The predicted octanol–water partition coefficient (Wildman–Crippen LogP) is 4.93. The smallest absolute Gasteiger partial charge is 0.260 e. The molecule has 1 heterocycles. The molecule has 0 saturated heterocycles. The third kappa shape index (κ3) is 5.81. The molecule has 0 spiro atoms. The number of hydrogen-bond donors (Lipinski definition) is 1. The Morgan fingerprint density at radius 3 is 2.41 bits per heavy atom. The number of hydrazone groups is 1. The molecule has 10 heteroatoms. The SMILES string of the molecule is Cc1ccc(C)c(N(CC(=O)N/N=C\c2cc(C)n(-c3ccc(Cl)c(Cl)c3)c2C)S(C)(=O)=O)c1. The van der Waals surface area contributed by atoms with Gasteiger partial charge in [0.2, 0.25) is 10.0 Å². The standard InChI is InChI=1S/C24H26Cl2N4O3S/c1-15-6-7-16(2)23(10-15)29(34(5,32)33)14-24(31)28-27-13-19-11-17(3)30(18(19)4)20-8-9-21(25)22(26)12-20/h6-13H,14H2,1-5H3,(H,28,31)/b27-13-. The van der Waals surface area contributed by atoms with Gasteiger partial charge in [0.1, 0.15) is 6.54 Å². The minimum Gasteiger partial charge on any atom is -0.318 e. The molecule has 3 rings (SSSR count). The molecule has 1 aromatic heterocycles. The summed E-state index contributed by atoms with van der Waals surface area (Å²) in [4.78, 5) is 12.5. The van der Waals surface area contributed by atoms with Crippen molar-refractivity contribution in [1.29, 1.82) is 0 Å². The molecule has 1 amide bonds. The maximum Gasteiger partial charge on any atom is 0.260 e. The van der Waals surface area contributed by atoms with E-state index >= 15 is 0 Å². The molecule has 7 nitrogen and oxygen atoms in total. The molecule has 0 aliphatic heterocycles. The molecule has 1 N–H and O–H groups in total. The molecular weight excluding hydrogens is 495 g/mol. The zero-order chi connectivity index (χ0) is 25.2. The fraction of sp³-hybridized carbons (Fsp3) is 0.250. The van der Waals surface area contributed by atoms with E-state index < -0.39 is 15.9 Å². The molecule has 0 radical (unpaired) electrons. The van der Waals surface area contributed by atoms with E-state index in [-0.39, 0.29) is 6.54 Å². The maximum atomic E-state index is 12.5. The van der Waals surface area contributed by atoms with Crippen LogP contribution < -0.4 is 9.73 Å². The quantitative estimate of drug-likeness (QED) is 0.353. The second kappa shape index (κ2) is 10.2. The molecule has 2 aromatic carbocycles. The first-order chi connectivity index (χ1) is 15.9. The molecule has 0 bridgehead atoms. The van der Waals surface area contributed by atoms with Crippen molar-refractivity contribution in [3.8, 4) is 5.69 Å². The van der Waals surface area contributed by atoms with Crippen LogP contribution in [-0.2, 0) is 14.8 Å². The number of aromatic nitrogens is 1. The van der Waals surface area contributed by atoms with Crippen LogP contribution in [-0.4, -0.2) is 37.9 Å². The average molecular weight is 521 g/mol. The number of anilines is 1. The van der Waals surface area contributed by atoms with Gasteiger partial charge in [0.05, 0.1) is 28.2 Å². The monoisotopic (exact) mass is 520 g/mol. The summed E-state index contributed by atoms with van der Waals surface area (Å²) < 4.78 is 27.8. The number of nitrogens with zero attached hydrogens (tertiary/aromatic N) is 3. The summed E-state index contributed by atoms with van der Waals surface area (Å²) >= 11 is 12.2. The third-order valence-corrected chi connectivity index (χ3v) is 7.21. The van der Waals surface area contributed by atoms with Crippen molar-refractivity contribution >= 4 is 51.0 Å². The molecule has 0 saturated carbocycles. The number of hydrogen-bond acceptors (Lipinski definition) is 4. The number of rotatable bonds is 7. The van der Waals surface area contributed by atoms with Crippen molar-refractivity contribution in [3.05, 3.63) is 80.6 Å². The zero-order valence-corrected chi connectivity index (χ0v) is 21.9. The van der Waals surface area contributed by atoms with Crippen LogP contribution in [0.4, 0.5) is 5.69 Å². The van der Waals surface area contributed by atoms with Gasteiger partial charge in [-0.25, -0.2) is 13.8 Å². The van der Waals surface area contributed by atoms with E-state index in [0.717, 1.165) is 44.3 Å². The van der Waals surface area contributed by atoms with E-state index in [9.17, 15) is 13.2 Å². The van der Waals surface area contributed by atoms with E-state index in [1.54, 1.807) is 25.1 Å². The largest absolute Gasteiger partial charge is 0.318 e. The Kier molecular flexibility index (Phi) is 7.75. The summed E-state index contributed by atoms with van der Waals surface area (Å²) in [5.74, 6) is -0.555. The Morgan fingerprint density at radius 2 is 1.76 bits per heavy atom. The van der Waals surface area contributed by atoms with Crippen molar-refractivity contribution < 1.29 is 13.2 Å². The van der Waals surface area contributed by atoms with Crippen LogP contribution in [0.25, 0.3) is 5.69 Å². The number of benzene rings is 2. The molecule has 0 fully saturated rings. The van der Waals surface area contributed by atoms with Gasteiger partial charge in [0, 0.05) is 22.6 Å². The number of carbonyl (C=O) groups excluding carboxylic acids is 1. The van der Waals surface area contributed by atoms with E-state index in [2.05, 4.69) is 10.5 Å². The zero-order valence-electron chi connectivity index (χ0n) is 19.6. The van der Waals surface area contributed by atoms with Gasteiger partial charge in [-0.2, -0.15) is 5.10 Å². The average Bonchev–Trinajstić information content (AvgIpc) is 3.02. The number of amides is 1. The Hall–Kier alpha value is -2.81. The normalized spacial score (nSPS) is 11.7. The highest BCUT2D eigenvalue weighted by molar-refractivity contribution is 7.92.